The summed E-state index contributed by atoms with van der Waals surface area (Å²) in [7, 11) is 1.63. The summed E-state index contributed by atoms with van der Waals surface area (Å²) >= 11 is 0. The second kappa shape index (κ2) is 5.98. The van der Waals surface area contributed by atoms with E-state index in [-0.39, 0.29) is 11.9 Å². The molecule has 1 fully saturated rings. The number of rotatable bonds is 4. The number of aliphatic hydroxyl groups is 1. The minimum Gasteiger partial charge on any atom is -0.497 e. The van der Waals surface area contributed by atoms with Crippen LogP contribution in [0, 0.1) is 0 Å². The van der Waals surface area contributed by atoms with Gasteiger partial charge in [0.15, 0.2) is 5.78 Å². The Morgan fingerprint density at radius 1 is 1.33 bits per heavy atom. The van der Waals surface area contributed by atoms with Gasteiger partial charge in [-0.05, 0) is 24.1 Å². The second-order valence-corrected chi connectivity index (χ2v) is 4.54. The van der Waals surface area contributed by atoms with Gasteiger partial charge in [0.1, 0.15) is 11.9 Å². The number of benzene rings is 1. The lowest BCUT2D eigenvalue weighted by atomic mass is 9.94. The van der Waals surface area contributed by atoms with Gasteiger partial charge in [-0.1, -0.05) is 12.1 Å². The summed E-state index contributed by atoms with van der Waals surface area (Å²) in [5, 5.41) is 9.47. The lowest BCUT2D eigenvalue weighted by molar-refractivity contribution is -0.134. The number of ether oxygens (including phenoxy) is 2. The molecule has 0 amide bonds. The van der Waals surface area contributed by atoms with Crippen molar-refractivity contribution in [1.29, 1.82) is 0 Å². The lowest BCUT2D eigenvalue weighted by Gasteiger charge is -2.25. The van der Waals surface area contributed by atoms with Gasteiger partial charge < -0.3 is 14.6 Å². The number of methoxy groups -OCH3 is 1. The fraction of sp³-hybridized carbons (Fsp3) is 0.500. The smallest absolute Gasteiger partial charge is 0.161 e. The Hall–Kier alpha value is -1.39. The molecule has 1 N–H and O–H groups in total. The summed E-state index contributed by atoms with van der Waals surface area (Å²) in [6, 6.07) is 7.67. The van der Waals surface area contributed by atoms with E-state index in [9.17, 15) is 9.90 Å². The molecule has 0 unspecified atom stereocenters. The molecule has 1 saturated carbocycles. The van der Waals surface area contributed by atoms with Gasteiger partial charge in [0.2, 0.25) is 0 Å². The van der Waals surface area contributed by atoms with Crippen LogP contribution in [0.2, 0.25) is 0 Å². The molecule has 1 aromatic carbocycles. The van der Waals surface area contributed by atoms with Crippen LogP contribution in [-0.4, -0.2) is 30.2 Å². The number of hydrogen-bond donors (Lipinski definition) is 1. The van der Waals surface area contributed by atoms with Gasteiger partial charge in [-0.2, -0.15) is 0 Å². The molecule has 2 atom stereocenters. The molecule has 0 saturated heterocycles. The molecule has 1 aromatic rings. The number of carbonyl (C=O) groups is 1. The summed E-state index contributed by atoms with van der Waals surface area (Å²) < 4.78 is 10.8. The van der Waals surface area contributed by atoms with Crippen LogP contribution in [-0.2, 0) is 16.1 Å². The van der Waals surface area contributed by atoms with E-state index in [1.54, 1.807) is 7.11 Å². The van der Waals surface area contributed by atoms with Crippen LogP contribution in [0.1, 0.15) is 24.8 Å². The van der Waals surface area contributed by atoms with E-state index in [2.05, 4.69) is 0 Å². The number of aliphatic hydroxyl groups excluding tert-OH is 1. The standard InChI is InChI=1S/C14H18O4/c1-17-11-4-2-10(3-5-11)9-18-12-6-7-13(15)14(16)8-12/h2-5,12,14,16H,6-9H2,1H3/t12-,14+/m1/s1. The minimum atomic E-state index is -0.848. The predicted molar refractivity (Wildman–Crippen MR) is 66.4 cm³/mol. The highest BCUT2D eigenvalue weighted by molar-refractivity contribution is 5.83. The van der Waals surface area contributed by atoms with E-state index >= 15 is 0 Å². The average Bonchev–Trinajstić information content (AvgIpc) is 2.41. The van der Waals surface area contributed by atoms with Gasteiger partial charge in [0.05, 0.1) is 19.8 Å². The van der Waals surface area contributed by atoms with Gasteiger partial charge >= 0.3 is 0 Å². The Balaban J connectivity index is 1.82. The second-order valence-electron chi connectivity index (χ2n) is 4.54. The largest absolute Gasteiger partial charge is 0.497 e. The SMILES string of the molecule is COc1ccc(CO[C@@H]2CCC(=O)[C@@H](O)C2)cc1. The van der Waals surface area contributed by atoms with Crippen molar-refractivity contribution in [1.82, 2.24) is 0 Å². The molecular weight excluding hydrogens is 232 g/mol. The first-order valence-corrected chi connectivity index (χ1v) is 6.14. The molecular formula is C14H18O4. The summed E-state index contributed by atoms with van der Waals surface area (Å²) in [5.74, 6) is 0.747. The summed E-state index contributed by atoms with van der Waals surface area (Å²) in [4.78, 5) is 11.2. The summed E-state index contributed by atoms with van der Waals surface area (Å²) in [6.07, 6.45) is 0.648. The molecule has 2 rings (SSSR count). The molecule has 0 heterocycles. The van der Waals surface area contributed by atoms with Crippen LogP contribution in [0.5, 0.6) is 5.75 Å². The van der Waals surface area contributed by atoms with Crippen LogP contribution in [0.4, 0.5) is 0 Å². The fourth-order valence-corrected chi connectivity index (χ4v) is 2.06. The first-order chi connectivity index (χ1) is 8.69. The average molecular weight is 250 g/mol. The van der Waals surface area contributed by atoms with Crippen molar-refractivity contribution in [2.45, 2.75) is 38.1 Å². The molecule has 0 spiro atoms. The van der Waals surface area contributed by atoms with Gasteiger partial charge in [0.25, 0.3) is 0 Å². The van der Waals surface area contributed by atoms with Gasteiger partial charge in [-0.15, -0.1) is 0 Å². The molecule has 4 nitrogen and oxygen atoms in total. The van der Waals surface area contributed by atoms with Crippen LogP contribution in [0.3, 0.4) is 0 Å². The molecule has 0 bridgehead atoms. The van der Waals surface area contributed by atoms with E-state index in [0.29, 0.717) is 25.9 Å². The minimum absolute atomic E-state index is 0.0280. The third-order valence-electron chi connectivity index (χ3n) is 3.22. The van der Waals surface area contributed by atoms with Crippen LogP contribution < -0.4 is 4.74 Å². The maximum absolute atomic E-state index is 11.2. The lowest BCUT2D eigenvalue weighted by Crippen LogP contribution is -2.33. The third kappa shape index (κ3) is 3.31. The maximum Gasteiger partial charge on any atom is 0.161 e. The summed E-state index contributed by atoms with van der Waals surface area (Å²) in [6.45, 7) is 0.496. The van der Waals surface area contributed by atoms with Gasteiger partial charge in [0, 0.05) is 12.8 Å². The Morgan fingerprint density at radius 3 is 2.67 bits per heavy atom. The van der Waals surface area contributed by atoms with Gasteiger partial charge in [-0.25, -0.2) is 0 Å². The molecule has 1 aliphatic carbocycles. The fourth-order valence-electron chi connectivity index (χ4n) is 2.06. The number of ketones is 1. The Bertz CT molecular complexity index is 399. The molecule has 98 valence electrons. The van der Waals surface area contributed by atoms with E-state index < -0.39 is 6.10 Å². The van der Waals surface area contributed by atoms with Crippen molar-refractivity contribution < 1.29 is 19.4 Å². The highest BCUT2D eigenvalue weighted by atomic mass is 16.5. The highest BCUT2D eigenvalue weighted by Crippen LogP contribution is 2.20. The van der Waals surface area contributed by atoms with Crippen LogP contribution in [0.15, 0.2) is 24.3 Å². The van der Waals surface area contributed by atoms with E-state index in [0.717, 1.165) is 11.3 Å². The quantitative estimate of drug-likeness (QED) is 0.883. The molecule has 0 radical (unpaired) electrons. The van der Waals surface area contributed by atoms with Crippen molar-refractivity contribution >= 4 is 5.78 Å². The van der Waals surface area contributed by atoms with E-state index in [4.69, 9.17) is 9.47 Å². The first-order valence-electron chi connectivity index (χ1n) is 6.14. The topological polar surface area (TPSA) is 55.8 Å². The maximum atomic E-state index is 11.2. The monoisotopic (exact) mass is 250 g/mol. The predicted octanol–water partition coefficient (Wildman–Crippen LogP) is 1.69. The first kappa shape index (κ1) is 13.1. The molecule has 4 heteroatoms. The zero-order valence-electron chi connectivity index (χ0n) is 10.5. The van der Waals surface area contributed by atoms with Crippen molar-refractivity contribution in [2.75, 3.05) is 7.11 Å². The molecule has 0 aromatic heterocycles. The zero-order chi connectivity index (χ0) is 13.0. The van der Waals surface area contributed by atoms with Crippen molar-refractivity contribution in [3.05, 3.63) is 29.8 Å². The summed E-state index contributed by atoms with van der Waals surface area (Å²) in [5.41, 5.74) is 1.06. The highest BCUT2D eigenvalue weighted by Gasteiger charge is 2.27. The Kier molecular flexibility index (Phi) is 4.33. The van der Waals surface area contributed by atoms with Crippen molar-refractivity contribution in [3.8, 4) is 5.75 Å². The zero-order valence-corrected chi connectivity index (χ0v) is 10.5. The van der Waals surface area contributed by atoms with E-state index in [1.165, 1.54) is 0 Å². The Labute approximate surface area is 107 Å². The van der Waals surface area contributed by atoms with Gasteiger partial charge in [-0.3, -0.25) is 4.79 Å². The Morgan fingerprint density at radius 2 is 2.06 bits per heavy atom. The number of carbonyl (C=O) groups excluding carboxylic acids is 1. The van der Waals surface area contributed by atoms with Crippen molar-refractivity contribution in [2.24, 2.45) is 0 Å². The normalized spacial score (nSPS) is 24.0. The van der Waals surface area contributed by atoms with Crippen LogP contribution in [0.25, 0.3) is 0 Å². The number of hydrogen-bond acceptors (Lipinski definition) is 4. The van der Waals surface area contributed by atoms with Crippen LogP contribution >= 0.6 is 0 Å². The number of Topliss-reactive ketones (excluding diaryl/α,β-unsaturated/α-hetero) is 1. The third-order valence-corrected chi connectivity index (χ3v) is 3.22. The van der Waals surface area contributed by atoms with E-state index in [1.807, 2.05) is 24.3 Å². The molecule has 0 aliphatic heterocycles. The molecule has 18 heavy (non-hydrogen) atoms. The molecule has 1 aliphatic rings. The van der Waals surface area contributed by atoms with Crippen molar-refractivity contribution in [3.63, 3.8) is 0 Å².